The molecule has 0 aliphatic rings. The number of carboxylic acid groups (broad SMARTS) is 1. The second kappa shape index (κ2) is 11.3. The number of nitrogens with one attached hydrogen (secondary N) is 1. The van der Waals surface area contributed by atoms with Gasteiger partial charge in [0.1, 0.15) is 11.2 Å². The molecule has 35 heavy (non-hydrogen) atoms. The summed E-state index contributed by atoms with van der Waals surface area (Å²) in [5, 5.41) is 23.2. The Morgan fingerprint density at radius 3 is 1.66 bits per heavy atom. The Morgan fingerprint density at radius 1 is 0.857 bits per heavy atom. The highest BCUT2D eigenvalue weighted by molar-refractivity contribution is 5.98. The molecule has 1 amide bonds. The van der Waals surface area contributed by atoms with Crippen molar-refractivity contribution in [1.82, 2.24) is 5.32 Å². The van der Waals surface area contributed by atoms with Crippen LogP contribution in [0.5, 0.6) is 0 Å². The molecule has 0 atom stereocenters. The molecule has 2 N–H and O–H groups in total. The molecule has 0 radical (unpaired) electrons. The Labute approximate surface area is 204 Å². The minimum absolute atomic E-state index is 0.0717. The summed E-state index contributed by atoms with van der Waals surface area (Å²) < 4.78 is 10.6. The van der Waals surface area contributed by atoms with E-state index in [2.05, 4.69) is 5.32 Å². The maximum atomic E-state index is 13.0. The number of aromatic carboxylic acids is 1. The van der Waals surface area contributed by atoms with Gasteiger partial charge in [0.05, 0.1) is 10.5 Å². The SMILES string of the molecule is CC(CCC(=O)OC(C)(C)C)(CCC(=O)OC(C)(C)C)NC(=O)c1cc(C(=O)O)cc([N+](=O)[O-])c1. The number of benzene rings is 1. The van der Waals surface area contributed by atoms with Crippen molar-refractivity contribution in [1.29, 1.82) is 0 Å². The normalized spacial score (nSPS) is 12.0. The van der Waals surface area contributed by atoms with E-state index in [0.717, 1.165) is 18.2 Å². The van der Waals surface area contributed by atoms with E-state index in [-0.39, 0.29) is 31.2 Å². The molecular weight excluding hydrogens is 460 g/mol. The zero-order chi connectivity index (χ0) is 27.2. The molecule has 0 saturated carbocycles. The number of nitrogens with zero attached hydrogens (tertiary/aromatic N) is 1. The third-order valence-electron chi connectivity index (χ3n) is 4.65. The first-order valence-electron chi connectivity index (χ1n) is 11.1. The monoisotopic (exact) mass is 494 g/mol. The van der Waals surface area contributed by atoms with Crippen molar-refractivity contribution in [2.45, 2.75) is 90.9 Å². The fraction of sp³-hybridized carbons (Fsp3) is 0.583. The topological polar surface area (TPSA) is 162 Å². The van der Waals surface area contributed by atoms with Crippen LogP contribution in [0, 0.1) is 10.1 Å². The van der Waals surface area contributed by atoms with Crippen LogP contribution in [0.1, 0.15) is 94.9 Å². The van der Waals surface area contributed by atoms with Crippen molar-refractivity contribution >= 4 is 29.5 Å². The van der Waals surface area contributed by atoms with Crippen LogP contribution in [-0.2, 0) is 19.1 Å². The molecule has 11 heteroatoms. The Bertz CT molecular complexity index is 923. The minimum atomic E-state index is -1.43. The first kappa shape index (κ1) is 29.5. The highest BCUT2D eigenvalue weighted by Crippen LogP contribution is 2.24. The number of hydrogen-bond donors (Lipinski definition) is 2. The number of non-ortho nitro benzene ring substituents is 1. The summed E-state index contributed by atoms with van der Waals surface area (Å²) >= 11 is 0. The number of amides is 1. The van der Waals surface area contributed by atoms with Gasteiger partial charge in [0.15, 0.2) is 0 Å². The van der Waals surface area contributed by atoms with Gasteiger partial charge in [0.25, 0.3) is 11.6 Å². The maximum absolute atomic E-state index is 13.0. The zero-order valence-electron chi connectivity index (χ0n) is 21.2. The standard InChI is InChI=1S/C24H34N2O9/c1-22(2,3)34-18(27)8-10-24(7,11-9-19(28)35-23(4,5)6)25-20(29)15-12-16(21(30)31)14-17(13-15)26(32)33/h12-14H,8-11H2,1-7H3,(H,25,29)(H,30,31). The van der Waals surface area contributed by atoms with Crippen LogP contribution < -0.4 is 5.32 Å². The highest BCUT2D eigenvalue weighted by atomic mass is 16.6. The number of carbonyl (C=O) groups excluding carboxylic acids is 3. The van der Waals surface area contributed by atoms with Gasteiger partial charge in [-0.3, -0.25) is 24.5 Å². The van der Waals surface area contributed by atoms with Gasteiger partial charge in [0, 0.05) is 36.1 Å². The average molecular weight is 495 g/mol. The summed E-state index contributed by atoms with van der Waals surface area (Å²) in [6.07, 6.45) is 0.0453. The minimum Gasteiger partial charge on any atom is -0.478 e. The molecule has 0 bridgehead atoms. The van der Waals surface area contributed by atoms with E-state index in [9.17, 15) is 34.4 Å². The zero-order valence-corrected chi connectivity index (χ0v) is 21.2. The van der Waals surface area contributed by atoms with E-state index in [1.807, 2.05) is 0 Å². The number of carboxylic acids is 1. The first-order valence-corrected chi connectivity index (χ1v) is 11.1. The largest absolute Gasteiger partial charge is 0.478 e. The van der Waals surface area contributed by atoms with Crippen LogP contribution in [-0.4, -0.2) is 50.6 Å². The summed E-state index contributed by atoms with van der Waals surface area (Å²) in [4.78, 5) is 59.3. The lowest BCUT2D eigenvalue weighted by atomic mass is 9.89. The van der Waals surface area contributed by atoms with Gasteiger partial charge < -0.3 is 19.9 Å². The summed E-state index contributed by atoms with van der Waals surface area (Å²) in [5.41, 5.74) is -3.74. The third-order valence-corrected chi connectivity index (χ3v) is 4.65. The van der Waals surface area contributed by atoms with Gasteiger partial charge in [-0.15, -0.1) is 0 Å². The number of nitro benzene ring substituents is 1. The molecule has 0 aliphatic carbocycles. The molecule has 0 spiro atoms. The summed E-state index contributed by atoms with van der Waals surface area (Å²) in [7, 11) is 0. The smallest absolute Gasteiger partial charge is 0.335 e. The molecule has 1 aromatic carbocycles. The number of nitro groups is 1. The van der Waals surface area contributed by atoms with Crippen molar-refractivity contribution in [3.05, 3.63) is 39.4 Å². The summed E-state index contributed by atoms with van der Waals surface area (Å²) in [6, 6.07) is 2.83. The molecule has 0 unspecified atom stereocenters. The van der Waals surface area contributed by atoms with Crippen LogP contribution in [0.25, 0.3) is 0 Å². The van der Waals surface area contributed by atoms with Crippen molar-refractivity contribution in [3.8, 4) is 0 Å². The van der Waals surface area contributed by atoms with E-state index in [1.165, 1.54) is 0 Å². The molecule has 1 rings (SSSR count). The van der Waals surface area contributed by atoms with Gasteiger partial charge in [0.2, 0.25) is 0 Å². The molecule has 0 fully saturated rings. The fourth-order valence-electron chi connectivity index (χ4n) is 3.11. The quantitative estimate of drug-likeness (QED) is 0.278. The Hall–Kier alpha value is -3.50. The van der Waals surface area contributed by atoms with E-state index >= 15 is 0 Å². The van der Waals surface area contributed by atoms with E-state index in [0.29, 0.717) is 0 Å². The molecule has 0 aliphatic heterocycles. The number of esters is 2. The van der Waals surface area contributed by atoms with E-state index < -0.39 is 56.7 Å². The molecule has 1 aromatic rings. The predicted octanol–water partition coefficient (Wildman–Crippen LogP) is 4.03. The van der Waals surface area contributed by atoms with Crippen LogP contribution >= 0.6 is 0 Å². The van der Waals surface area contributed by atoms with Gasteiger partial charge in [-0.25, -0.2) is 4.79 Å². The van der Waals surface area contributed by atoms with Crippen molar-refractivity contribution in [3.63, 3.8) is 0 Å². The second-order valence-corrected chi connectivity index (χ2v) is 10.5. The Balaban J connectivity index is 3.17. The van der Waals surface area contributed by atoms with Crippen molar-refractivity contribution in [2.24, 2.45) is 0 Å². The predicted molar refractivity (Wildman–Crippen MR) is 126 cm³/mol. The summed E-state index contributed by atoms with van der Waals surface area (Å²) in [5.74, 6) is -3.22. The van der Waals surface area contributed by atoms with Crippen molar-refractivity contribution in [2.75, 3.05) is 0 Å². The highest BCUT2D eigenvalue weighted by Gasteiger charge is 2.31. The van der Waals surface area contributed by atoms with Crippen LogP contribution in [0.4, 0.5) is 5.69 Å². The Kier molecular flexibility index (Phi) is 9.52. The lowest BCUT2D eigenvalue weighted by Gasteiger charge is -2.31. The summed E-state index contributed by atoms with van der Waals surface area (Å²) in [6.45, 7) is 11.9. The lowest BCUT2D eigenvalue weighted by molar-refractivity contribution is -0.384. The van der Waals surface area contributed by atoms with Gasteiger partial charge >= 0.3 is 17.9 Å². The molecule has 0 aromatic heterocycles. The first-order chi connectivity index (χ1) is 15.8. The number of ether oxygens (including phenoxy) is 2. The van der Waals surface area contributed by atoms with Gasteiger partial charge in [-0.05, 0) is 67.4 Å². The second-order valence-electron chi connectivity index (χ2n) is 10.5. The van der Waals surface area contributed by atoms with Crippen molar-refractivity contribution < 1.29 is 38.7 Å². The van der Waals surface area contributed by atoms with E-state index in [1.54, 1.807) is 48.5 Å². The third kappa shape index (κ3) is 11.0. The number of carbonyl (C=O) groups is 4. The molecule has 0 heterocycles. The molecule has 11 nitrogen and oxygen atoms in total. The van der Waals surface area contributed by atoms with Crippen LogP contribution in [0.3, 0.4) is 0 Å². The molecular formula is C24H34N2O9. The van der Waals surface area contributed by atoms with E-state index in [4.69, 9.17) is 9.47 Å². The fourth-order valence-corrected chi connectivity index (χ4v) is 3.11. The van der Waals surface area contributed by atoms with Crippen LogP contribution in [0.15, 0.2) is 18.2 Å². The maximum Gasteiger partial charge on any atom is 0.335 e. The molecule has 194 valence electrons. The van der Waals surface area contributed by atoms with Crippen LogP contribution in [0.2, 0.25) is 0 Å². The lowest BCUT2D eigenvalue weighted by Crippen LogP contribution is -2.47. The van der Waals surface area contributed by atoms with Gasteiger partial charge in [-0.2, -0.15) is 0 Å². The average Bonchev–Trinajstić information content (AvgIpc) is 2.68. The molecule has 0 saturated heterocycles. The Morgan fingerprint density at radius 2 is 1.29 bits per heavy atom. The number of hydrogen-bond acceptors (Lipinski definition) is 8. The van der Waals surface area contributed by atoms with Gasteiger partial charge in [-0.1, -0.05) is 0 Å². The number of rotatable bonds is 10.